The third-order valence-corrected chi connectivity index (χ3v) is 2.34. The van der Waals surface area contributed by atoms with E-state index in [0.717, 1.165) is 12.8 Å². The minimum absolute atomic E-state index is 0.00303. The van der Waals surface area contributed by atoms with Crippen molar-refractivity contribution >= 4 is 11.9 Å². The number of nitrogens with zero attached hydrogens (tertiary/aromatic N) is 1. The Morgan fingerprint density at radius 1 is 1.38 bits per heavy atom. The summed E-state index contributed by atoms with van der Waals surface area (Å²) < 4.78 is 5.74. The van der Waals surface area contributed by atoms with Crippen molar-refractivity contribution in [3.8, 4) is 0 Å². The normalized spacial score (nSPS) is 17.9. The summed E-state index contributed by atoms with van der Waals surface area (Å²) in [6.07, 6.45) is 0.911. The van der Waals surface area contributed by atoms with E-state index in [9.17, 15) is 14.7 Å². The third-order valence-electron chi connectivity index (χ3n) is 2.34. The minimum atomic E-state index is -1.18. The summed E-state index contributed by atoms with van der Waals surface area (Å²) >= 11 is 0. The van der Waals surface area contributed by atoms with Gasteiger partial charge in [0.15, 0.2) is 6.10 Å². The first kappa shape index (κ1) is 13.0. The highest BCUT2D eigenvalue weighted by Gasteiger charge is 2.34. The van der Waals surface area contributed by atoms with Crippen LogP contribution in [-0.4, -0.2) is 50.2 Å². The Bertz CT molecular complexity index is 278. The maximum absolute atomic E-state index is 11.4. The fraction of sp³-hybridized carbons (Fsp3) is 0.818. The Morgan fingerprint density at radius 3 is 2.31 bits per heavy atom. The van der Waals surface area contributed by atoms with Crippen LogP contribution in [0.5, 0.6) is 0 Å². The van der Waals surface area contributed by atoms with Gasteiger partial charge in [0.05, 0.1) is 27.1 Å². The molecule has 1 rings (SSSR count). The molecule has 0 N–H and O–H groups in total. The molecule has 5 heteroatoms. The predicted octanol–water partition coefficient (Wildman–Crippen LogP) is -0.846. The van der Waals surface area contributed by atoms with Crippen molar-refractivity contribution < 1.29 is 23.9 Å². The van der Waals surface area contributed by atoms with Crippen molar-refractivity contribution in [1.82, 2.24) is 0 Å². The Balaban J connectivity index is 2.48. The lowest BCUT2D eigenvalue weighted by molar-refractivity contribution is -0.873. The van der Waals surface area contributed by atoms with Crippen molar-refractivity contribution in [1.29, 1.82) is 0 Å². The van der Waals surface area contributed by atoms with Crippen molar-refractivity contribution in [2.24, 2.45) is 5.92 Å². The highest BCUT2D eigenvalue weighted by atomic mass is 16.5. The van der Waals surface area contributed by atoms with Crippen molar-refractivity contribution in [2.75, 3.05) is 27.7 Å². The zero-order valence-corrected chi connectivity index (χ0v) is 10.1. The van der Waals surface area contributed by atoms with Crippen molar-refractivity contribution in [3.63, 3.8) is 0 Å². The van der Waals surface area contributed by atoms with E-state index < -0.39 is 12.1 Å². The number of quaternary nitrogens is 1. The molecule has 1 aliphatic rings. The fourth-order valence-corrected chi connectivity index (χ4v) is 1.52. The molecule has 0 spiro atoms. The number of esters is 1. The van der Waals surface area contributed by atoms with Gasteiger partial charge in [-0.1, -0.05) is 0 Å². The second kappa shape index (κ2) is 4.82. The molecule has 1 saturated carbocycles. The van der Waals surface area contributed by atoms with E-state index >= 15 is 0 Å². The van der Waals surface area contributed by atoms with Gasteiger partial charge in [-0.25, -0.2) is 0 Å². The maximum atomic E-state index is 11.4. The standard InChI is InChI=1S/C11H19NO4/c1-12(2,3)7-9(6-10(13)14)16-11(15)8-4-5-8/h8-9H,4-7H2,1-3H3/t9-/m1/s1. The van der Waals surface area contributed by atoms with Crippen LogP contribution in [0.2, 0.25) is 0 Å². The summed E-state index contributed by atoms with van der Waals surface area (Å²) in [5.74, 6) is -1.45. The Hall–Kier alpha value is -1.10. The smallest absolute Gasteiger partial charge is 0.309 e. The highest BCUT2D eigenvalue weighted by Crippen LogP contribution is 2.30. The van der Waals surface area contributed by atoms with Crippen LogP contribution in [0, 0.1) is 5.92 Å². The van der Waals surface area contributed by atoms with E-state index in [1.54, 1.807) is 0 Å². The molecule has 1 aliphatic carbocycles. The summed E-state index contributed by atoms with van der Waals surface area (Å²) in [5.41, 5.74) is 0. The van der Waals surface area contributed by atoms with Crippen LogP contribution in [0.15, 0.2) is 0 Å². The summed E-state index contributed by atoms with van der Waals surface area (Å²) in [5, 5.41) is 10.6. The summed E-state index contributed by atoms with van der Waals surface area (Å²) in [6.45, 7) is 0.479. The van der Waals surface area contributed by atoms with Crippen LogP contribution in [0.1, 0.15) is 19.3 Å². The van der Waals surface area contributed by atoms with Gasteiger partial charge in [0.2, 0.25) is 0 Å². The average molecular weight is 229 g/mol. The molecule has 0 aliphatic heterocycles. The molecular formula is C11H19NO4. The van der Waals surface area contributed by atoms with Crippen LogP contribution in [0.3, 0.4) is 0 Å². The van der Waals surface area contributed by atoms with E-state index in [0.29, 0.717) is 11.0 Å². The van der Waals surface area contributed by atoms with E-state index in [1.165, 1.54) is 0 Å². The number of ether oxygens (including phenoxy) is 1. The van der Waals surface area contributed by atoms with Crippen LogP contribution < -0.4 is 5.11 Å². The lowest BCUT2D eigenvalue weighted by Crippen LogP contribution is -2.45. The van der Waals surface area contributed by atoms with E-state index in [2.05, 4.69) is 0 Å². The Morgan fingerprint density at radius 2 is 1.94 bits per heavy atom. The second-order valence-electron chi connectivity index (χ2n) is 5.38. The van der Waals surface area contributed by atoms with Gasteiger partial charge in [0.1, 0.15) is 6.54 Å². The molecule has 0 bridgehead atoms. The summed E-state index contributed by atoms with van der Waals surface area (Å²) in [6, 6.07) is 0. The number of aliphatic carboxylic acids is 1. The van der Waals surface area contributed by atoms with Crippen LogP contribution in [-0.2, 0) is 14.3 Å². The van der Waals surface area contributed by atoms with Crippen molar-refractivity contribution in [2.45, 2.75) is 25.4 Å². The molecule has 0 heterocycles. The lowest BCUT2D eigenvalue weighted by atomic mass is 10.2. The zero-order valence-electron chi connectivity index (χ0n) is 10.1. The van der Waals surface area contributed by atoms with E-state index in [4.69, 9.17) is 4.74 Å². The van der Waals surface area contributed by atoms with Gasteiger partial charge in [-0.2, -0.15) is 0 Å². The number of hydrogen-bond acceptors (Lipinski definition) is 4. The monoisotopic (exact) mass is 229 g/mol. The topological polar surface area (TPSA) is 66.4 Å². The number of carboxylic acid groups (broad SMARTS) is 1. The number of likely N-dealkylation sites (N-methyl/N-ethyl adjacent to an activating group) is 1. The van der Waals surface area contributed by atoms with Crippen LogP contribution in [0.4, 0.5) is 0 Å². The molecule has 16 heavy (non-hydrogen) atoms. The molecule has 0 aromatic carbocycles. The Labute approximate surface area is 95.6 Å². The molecule has 5 nitrogen and oxygen atoms in total. The number of carbonyl (C=O) groups is 2. The SMILES string of the molecule is C[N+](C)(C)C[C@@H](CC(=O)[O-])OC(=O)C1CC1. The molecule has 0 amide bonds. The highest BCUT2D eigenvalue weighted by molar-refractivity contribution is 5.75. The third kappa shape index (κ3) is 5.11. The molecular weight excluding hydrogens is 210 g/mol. The molecule has 92 valence electrons. The molecule has 0 saturated heterocycles. The summed E-state index contributed by atoms with van der Waals surface area (Å²) in [7, 11) is 5.77. The van der Waals surface area contributed by atoms with Gasteiger partial charge in [-0.05, 0) is 12.8 Å². The lowest BCUT2D eigenvalue weighted by Gasteiger charge is -2.29. The molecule has 0 radical (unpaired) electrons. The summed E-state index contributed by atoms with van der Waals surface area (Å²) in [4.78, 5) is 22.0. The van der Waals surface area contributed by atoms with Gasteiger partial charge in [0.25, 0.3) is 0 Å². The van der Waals surface area contributed by atoms with Gasteiger partial charge in [-0.15, -0.1) is 0 Å². The zero-order chi connectivity index (χ0) is 12.3. The molecule has 0 aromatic rings. The number of hydrogen-bond donors (Lipinski definition) is 0. The van der Waals surface area contributed by atoms with Crippen LogP contribution >= 0.6 is 0 Å². The van der Waals surface area contributed by atoms with E-state index in [-0.39, 0.29) is 18.3 Å². The number of rotatable bonds is 6. The quantitative estimate of drug-likeness (QED) is 0.440. The fourth-order valence-electron chi connectivity index (χ4n) is 1.52. The number of carbonyl (C=O) groups excluding carboxylic acids is 2. The first-order valence-electron chi connectivity index (χ1n) is 5.49. The van der Waals surface area contributed by atoms with Gasteiger partial charge >= 0.3 is 5.97 Å². The predicted molar refractivity (Wildman–Crippen MR) is 55.1 cm³/mol. The van der Waals surface area contributed by atoms with Crippen molar-refractivity contribution in [3.05, 3.63) is 0 Å². The van der Waals surface area contributed by atoms with Gasteiger partial charge < -0.3 is 19.1 Å². The van der Waals surface area contributed by atoms with E-state index in [1.807, 2.05) is 21.1 Å². The second-order valence-corrected chi connectivity index (χ2v) is 5.38. The average Bonchev–Trinajstić information content (AvgIpc) is 2.79. The van der Waals surface area contributed by atoms with Gasteiger partial charge in [-0.3, -0.25) is 4.79 Å². The van der Waals surface area contributed by atoms with Crippen LogP contribution in [0.25, 0.3) is 0 Å². The molecule has 0 unspecified atom stereocenters. The molecule has 0 aromatic heterocycles. The first-order valence-corrected chi connectivity index (χ1v) is 5.49. The van der Waals surface area contributed by atoms with Gasteiger partial charge in [0, 0.05) is 12.4 Å². The maximum Gasteiger partial charge on any atom is 0.309 e. The Kier molecular flexibility index (Phi) is 3.91. The molecule has 1 fully saturated rings. The minimum Gasteiger partial charge on any atom is -0.550 e. The number of carboxylic acids is 1. The largest absolute Gasteiger partial charge is 0.550 e. The first-order chi connectivity index (χ1) is 7.28. The molecule has 1 atom stereocenters.